The maximum absolute atomic E-state index is 12.1. The molecule has 2 rings (SSSR count). The SMILES string of the molecule is CC1(CO)CCCN1C(=O)Cc1ccsc1. The molecule has 1 amide bonds. The minimum Gasteiger partial charge on any atom is -0.394 e. The Hall–Kier alpha value is -0.870. The molecule has 16 heavy (non-hydrogen) atoms. The van der Waals surface area contributed by atoms with E-state index in [-0.39, 0.29) is 18.1 Å². The van der Waals surface area contributed by atoms with Crippen molar-refractivity contribution in [2.75, 3.05) is 13.2 Å². The number of carbonyl (C=O) groups excluding carboxylic acids is 1. The number of aliphatic hydroxyl groups excluding tert-OH is 1. The van der Waals surface area contributed by atoms with Gasteiger partial charge in [-0.25, -0.2) is 0 Å². The molecule has 1 aliphatic rings. The molecule has 0 saturated carbocycles. The first-order valence-corrected chi connectivity index (χ1v) is 6.52. The van der Waals surface area contributed by atoms with Gasteiger partial charge in [0.15, 0.2) is 0 Å². The lowest BCUT2D eigenvalue weighted by Gasteiger charge is -2.33. The summed E-state index contributed by atoms with van der Waals surface area (Å²) in [5, 5.41) is 13.4. The van der Waals surface area contributed by atoms with Crippen LogP contribution in [0.1, 0.15) is 25.3 Å². The molecular weight excluding hydrogens is 222 g/mol. The molecule has 4 heteroatoms. The average molecular weight is 239 g/mol. The van der Waals surface area contributed by atoms with Crippen LogP contribution in [0.3, 0.4) is 0 Å². The number of rotatable bonds is 3. The molecule has 1 aromatic heterocycles. The minimum absolute atomic E-state index is 0.0579. The first-order chi connectivity index (χ1) is 7.65. The normalized spacial score (nSPS) is 25.0. The summed E-state index contributed by atoms with van der Waals surface area (Å²) in [6.45, 7) is 2.80. The van der Waals surface area contributed by atoms with Crippen molar-refractivity contribution in [3.63, 3.8) is 0 Å². The van der Waals surface area contributed by atoms with Crippen molar-refractivity contribution >= 4 is 17.2 Å². The van der Waals surface area contributed by atoms with Gasteiger partial charge in [-0.15, -0.1) is 0 Å². The zero-order valence-electron chi connectivity index (χ0n) is 9.48. The highest BCUT2D eigenvalue weighted by Crippen LogP contribution is 2.29. The van der Waals surface area contributed by atoms with E-state index in [1.165, 1.54) is 0 Å². The molecule has 2 heterocycles. The largest absolute Gasteiger partial charge is 0.394 e. The lowest BCUT2D eigenvalue weighted by molar-refractivity contribution is -0.135. The second-order valence-electron chi connectivity index (χ2n) is 4.61. The van der Waals surface area contributed by atoms with Crippen molar-refractivity contribution in [1.29, 1.82) is 0 Å². The van der Waals surface area contributed by atoms with Gasteiger partial charge in [0.05, 0.1) is 18.6 Å². The van der Waals surface area contributed by atoms with Gasteiger partial charge in [0.1, 0.15) is 0 Å². The van der Waals surface area contributed by atoms with Crippen LogP contribution in [0.5, 0.6) is 0 Å². The minimum atomic E-state index is -0.340. The predicted octanol–water partition coefficient (Wildman–Crippen LogP) is 1.66. The lowest BCUT2D eigenvalue weighted by atomic mass is 10.00. The highest BCUT2D eigenvalue weighted by molar-refractivity contribution is 7.07. The van der Waals surface area contributed by atoms with Crippen molar-refractivity contribution in [3.8, 4) is 0 Å². The van der Waals surface area contributed by atoms with Crippen LogP contribution in [-0.2, 0) is 11.2 Å². The van der Waals surface area contributed by atoms with Crippen molar-refractivity contribution < 1.29 is 9.90 Å². The van der Waals surface area contributed by atoms with Gasteiger partial charge in [-0.2, -0.15) is 11.3 Å². The molecule has 1 aromatic rings. The third-order valence-corrected chi connectivity index (χ3v) is 4.06. The summed E-state index contributed by atoms with van der Waals surface area (Å²) in [6.07, 6.45) is 2.35. The molecule has 1 saturated heterocycles. The van der Waals surface area contributed by atoms with E-state index in [1.807, 2.05) is 28.7 Å². The van der Waals surface area contributed by atoms with Gasteiger partial charge in [-0.1, -0.05) is 0 Å². The first kappa shape index (κ1) is 11.6. The van der Waals surface area contributed by atoms with E-state index in [9.17, 15) is 9.90 Å². The number of carbonyl (C=O) groups is 1. The Labute approximate surface area is 99.7 Å². The molecule has 0 aliphatic carbocycles. The maximum atomic E-state index is 12.1. The Morgan fingerprint density at radius 1 is 1.69 bits per heavy atom. The van der Waals surface area contributed by atoms with Crippen LogP contribution in [-0.4, -0.2) is 34.6 Å². The summed E-state index contributed by atoms with van der Waals surface area (Å²) in [5.74, 6) is 0.132. The smallest absolute Gasteiger partial charge is 0.227 e. The Kier molecular flexibility index (Phi) is 3.30. The quantitative estimate of drug-likeness (QED) is 0.871. The van der Waals surface area contributed by atoms with Gasteiger partial charge in [-0.05, 0) is 42.2 Å². The van der Waals surface area contributed by atoms with Crippen LogP contribution in [0.4, 0.5) is 0 Å². The van der Waals surface area contributed by atoms with Crippen molar-refractivity contribution in [2.45, 2.75) is 31.7 Å². The standard InChI is InChI=1S/C12H17NO2S/c1-12(9-14)4-2-5-13(12)11(15)7-10-3-6-16-8-10/h3,6,8,14H,2,4-5,7,9H2,1H3. The van der Waals surface area contributed by atoms with Gasteiger partial charge in [0, 0.05) is 6.54 Å². The van der Waals surface area contributed by atoms with Crippen molar-refractivity contribution in [1.82, 2.24) is 4.90 Å². The first-order valence-electron chi connectivity index (χ1n) is 5.58. The van der Waals surface area contributed by atoms with Gasteiger partial charge in [0.2, 0.25) is 5.91 Å². The van der Waals surface area contributed by atoms with Crippen LogP contribution >= 0.6 is 11.3 Å². The van der Waals surface area contributed by atoms with E-state index in [2.05, 4.69) is 0 Å². The molecule has 1 aliphatic heterocycles. The van der Waals surface area contributed by atoms with Crippen molar-refractivity contribution in [2.24, 2.45) is 0 Å². The number of likely N-dealkylation sites (tertiary alicyclic amines) is 1. The molecule has 0 spiro atoms. The fraction of sp³-hybridized carbons (Fsp3) is 0.583. The molecule has 0 aromatic carbocycles. The summed E-state index contributed by atoms with van der Waals surface area (Å²) in [6, 6.07) is 1.98. The average Bonchev–Trinajstić information content (AvgIpc) is 2.88. The molecule has 1 atom stereocenters. The van der Waals surface area contributed by atoms with E-state index in [1.54, 1.807) is 11.3 Å². The number of aliphatic hydroxyl groups is 1. The Balaban J connectivity index is 2.04. The Morgan fingerprint density at radius 3 is 3.12 bits per heavy atom. The van der Waals surface area contributed by atoms with Gasteiger partial charge in [-0.3, -0.25) is 4.79 Å². The summed E-state index contributed by atoms with van der Waals surface area (Å²) >= 11 is 1.61. The fourth-order valence-corrected chi connectivity index (χ4v) is 2.94. The molecule has 1 fully saturated rings. The molecule has 3 nitrogen and oxygen atoms in total. The predicted molar refractivity (Wildman–Crippen MR) is 64.5 cm³/mol. The Bertz CT molecular complexity index is 363. The van der Waals surface area contributed by atoms with E-state index >= 15 is 0 Å². The topological polar surface area (TPSA) is 40.5 Å². The molecule has 1 N–H and O–H groups in total. The number of hydrogen-bond acceptors (Lipinski definition) is 3. The number of hydrogen-bond donors (Lipinski definition) is 1. The van der Waals surface area contributed by atoms with Crippen LogP contribution < -0.4 is 0 Å². The zero-order valence-corrected chi connectivity index (χ0v) is 10.3. The molecule has 0 bridgehead atoms. The van der Waals surface area contributed by atoms with Crippen LogP contribution in [0, 0.1) is 0 Å². The van der Waals surface area contributed by atoms with E-state index in [0.29, 0.717) is 6.42 Å². The van der Waals surface area contributed by atoms with Gasteiger partial charge < -0.3 is 10.0 Å². The van der Waals surface area contributed by atoms with Crippen LogP contribution in [0.25, 0.3) is 0 Å². The van der Waals surface area contributed by atoms with Crippen LogP contribution in [0.2, 0.25) is 0 Å². The lowest BCUT2D eigenvalue weighted by Crippen LogP contribution is -2.48. The highest BCUT2D eigenvalue weighted by Gasteiger charge is 2.38. The maximum Gasteiger partial charge on any atom is 0.227 e. The summed E-state index contributed by atoms with van der Waals surface area (Å²) < 4.78 is 0. The second-order valence-corrected chi connectivity index (χ2v) is 5.39. The van der Waals surface area contributed by atoms with E-state index in [4.69, 9.17) is 0 Å². The third-order valence-electron chi connectivity index (χ3n) is 3.33. The molecular formula is C12H17NO2S. The van der Waals surface area contributed by atoms with Gasteiger partial charge in [0.25, 0.3) is 0 Å². The highest BCUT2D eigenvalue weighted by atomic mass is 32.1. The van der Waals surface area contributed by atoms with E-state index in [0.717, 1.165) is 24.9 Å². The summed E-state index contributed by atoms with van der Waals surface area (Å²) in [5.41, 5.74) is 0.731. The zero-order chi connectivity index (χ0) is 11.6. The molecule has 0 radical (unpaired) electrons. The summed E-state index contributed by atoms with van der Waals surface area (Å²) in [7, 11) is 0. The van der Waals surface area contributed by atoms with Gasteiger partial charge >= 0.3 is 0 Å². The Morgan fingerprint density at radius 2 is 2.50 bits per heavy atom. The van der Waals surface area contributed by atoms with Crippen LogP contribution in [0.15, 0.2) is 16.8 Å². The number of nitrogens with zero attached hydrogens (tertiary/aromatic N) is 1. The second kappa shape index (κ2) is 4.55. The fourth-order valence-electron chi connectivity index (χ4n) is 2.28. The molecule has 88 valence electrons. The molecule has 1 unspecified atom stereocenters. The summed E-state index contributed by atoms with van der Waals surface area (Å²) in [4.78, 5) is 13.9. The van der Waals surface area contributed by atoms with Crippen molar-refractivity contribution in [3.05, 3.63) is 22.4 Å². The van der Waals surface area contributed by atoms with E-state index < -0.39 is 0 Å². The third kappa shape index (κ3) is 2.13. The monoisotopic (exact) mass is 239 g/mol. The number of thiophene rings is 1. The number of amides is 1.